The maximum atomic E-state index is 9.16. The van der Waals surface area contributed by atoms with E-state index in [0.29, 0.717) is 5.56 Å². The minimum Gasteiger partial charge on any atom is -0.385 e. The van der Waals surface area contributed by atoms with E-state index in [1.165, 1.54) is 11.3 Å². The van der Waals surface area contributed by atoms with Gasteiger partial charge in [0.25, 0.3) is 0 Å². The van der Waals surface area contributed by atoms with E-state index >= 15 is 0 Å². The first-order valence-corrected chi connectivity index (χ1v) is 7.39. The van der Waals surface area contributed by atoms with E-state index in [1.54, 1.807) is 0 Å². The lowest BCUT2D eigenvalue weighted by molar-refractivity contribution is 0.830. The second-order valence-corrected chi connectivity index (χ2v) is 5.74. The molecule has 20 heavy (non-hydrogen) atoms. The van der Waals surface area contributed by atoms with Crippen LogP contribution in [0.15, 0.2) is 40.9 Å². The number of benzene rings is 2. The predicted octanol–water partition coefficient (Wildman–Crippen LogP) is 4.42. The lowest BCUT2D eigenvalue weighted by Crippen LogP contribution is -2.11. The number of hydrogen-bond acceptors (Lipinski definition) is 3. The summed E-state index contributed by atoms with van der Waals surface area (Å²) in [6.07, 6.45) is 2.26. The summed E-state index contributed by atoms with van der Waals surface area (Å²) in [5.41, 5.74) is 5.03. The number of nitrogens with one attached hydrogen (secondary N) is 2. The smallest absolute Gasteiger partial charge is 0.101 e. The van der Waals surface area contributed by atoms with E-state index < -0.39 is 0 Å². The van der Waals surface area contributed by atoms with Crippen LogP contribution in [0.5, 0.6) is 0 Å². The molecule has 0 saturated carbocycles. The SMILES string of the molecule is N#Cc1ccc(Br)cc1Nc1ccc2c(c1)CCCN2. The van der Waals surface area contributed by atoms with Gasteiger partial charge in [0, 0.05) is 22.4 Å². The Labute approximate surface area is 126 Å². The fraction of sp³-hybridized carbons (Fsp3) is 0.188. The van der Waals surface area contributed by atoms with Crippen molar-refractivity contribution in [3.05, 3.63) is 52.0 Å². The molecule has 0 amide bonds. The molecule has 0 bridgehead atoms. The number of hydrogen-bond donors (Lipinski definition) is 2. The molecule has 0 spiro atoms. The van der Waals surface area contributed by atoms with Crippen molar-refractivity contribution in [3.8, 4) is 6.07 Å². The third kappa shape index (κ3) is 2.63. The second-order valence-electron chi connectivity index (χ2n) is 4.83. The van der Waals surface area contributed by atoms with Gasteiger partial charge < -0.3 is 10.6 Å². The van der Waals surface area contributed by atoms with Crippen molar-refractivity contribution in [1.82, 2.24) is 0 Å². The molecule has 1 aliphatic heterocycles. The Morgan fingerprint density at radius 2 is 2.10 bits per heavy atom. The van der Waals surface area contributed by atoms with Gasteiger partial charge in [-0.05, 0) is 54.8 Å². The summed E-state index contributed by atoms with van der Waals surface area (Å²) >= 11 is 3.44. The van der Waals surface area contributed by atoms with Gasteiger partial charge >= 0.3 is 0 Å². The molecule has 1 aliphatic rings. The molecule has 100 valence electrons. The van der Waals surface area contributed by atoms with Crippen LogP contribution in [0.4, 0.5) is 17.1 Å². The van der Waals surface area contributed by atoms with Crippen LogP contribution in [-0.4, -0.2) is 6.54 Å². The van der Waals surface area contributed by atoms with Gasteiger partial charge in [0.05, 0.1) is 11.3 Å². The summed E-state index contributed by atoms with van der Waals surface area (Å²) in [5, 5.41) is 15.9. The Hall–Kier alpha value is -1.99. The zero-order chi connectivity index (χ0) is 13.9. The number of aryl methyl sites for hydroxylation is 1. The number of halogens is 1. The van der Waals surface area contributed by atoms with Crippen LogP contribution in [0.3, 0.4) is 0 Å². The Balaban J connectivity index is 1.92. The molecule has 2 N–H and O–H groups in total. The second kappa shape index (κ2) is 5.56. The molecule has 0 unspecified atom stereocenters. The third-order valence-corrected chi connectivity index (χ3v) is 3.92. The van der Waals surface area contributed by atoms with E-state index in [4.69, 9.17) is 5.26 Å². The van der Waals surface area contributed by atoms with E-state index in [-0.39, 0.29) is 0 Å². The van der Waals surface area contributed by atoms with Crippen LogP contribution in [0, 0.1) is 11.3 Å². The van der Waals surface area contributed by atoms with Crippen LogP contribution in [0.25, 0.3) is 0 Å². The first-order valence-electron chi connectivity index (χ1n) is 6.60. The first-order chi connectivity index (χ1) is 9.76. The summed E-state index contributed by atoms with van der Waals surface area (Å²) in [5.74, 6) is 0. The highest BCUT2D eigenvalue weighted by Crippen LogP contribution is 2.29. The van der Waals surface area contributed by atoms with Gasteiger partial charge in [-0.1, -0.05) is 15.9 Å². The number of nitrogens with zero attached hydrogens (tertiary/aromatic N) is 1. The molecule has 3 nitrogen and oxygen atoms in total. The molecule has 0 atom stereocenters. The van der Waals surface area contributed by atoms with Gasteiger partial charge in [-0.15, -0.1) is 0 Å². The van der Waals surface area contributed by atoms with Crippen molar-refractivity contribution in [2.45, 2.75) is 12.8 Å². The normalized spacial score (nSPS) is 13.0. The molecule has 2 aromatic rings. The quantitative estimate of drug-likeness (QED) is 0.858. The number of rotatable bonds is 2. The minimum absolute atomic E-state index is 0.643. The molecular weight excluding hydrogens is 314 g/mol. The summed E-state index contributed by atoms with van der Waals surface area (Å²) < 4.78 is 0.957. The van der Waals surface area contributed by atoms with Crippen molar-refractivity contribution in [3.63, 3.8) is 0 Å². The molecule has 2 aromatic carbocycles. The Morgan fingerprint density at radius 3 is 2.95 bits per heavy atom. The number of fused-ring (bicyclic) bond motifs is 1. The summed E-state index contributed by atoms with van der Waals surface area (Å²) in [6.45, 7) is 1.05. The zero-order valence-electron chi connectivity index (χ0n) is 10.9. The van der Waals surface area contributed by atoms with Crippen LogP contribution < -0.4 is 10.6 Å². The Kier molecular flexibility index (Phi) is 3.62. The molecule has 0 fully saturated rings. The van der Waals surface area contributed by atoms with Crippen molar-refractivity contribution >= 4 is 33.0 Å². The summed E-state index contributed by atoms with van der Waals surface area (Å²) in [6, 6.07) is 14.1. The largest absolute Gasteiger partial charge is 0.385 e. The average molecular weight is 328 g/mol. The topological polar surface area (TPSA) is 47.9 Å². The number of anilines is 3. The van der Waals surface area contributed by atoms with E-state index in [2.05, 4.69) is 44.8 Å². The molecular formula is C16H14BrN3. The summed E-state index contributed by atoms with van der Waals surface area (Å²) in [4.78, 5) is 0. The molecule has 3 rings (SSSR count). The zero-order valence-corrected chi connectivity index (χ0v) is 12.5. The molecule has 0 aliphatic carbocycles. The first kappa shape index (κ1) is 13.0. The summed E-state index contributed by atoms with van der Waals surface area (Å²) in [7, 11) is 0. The van der Waals surface area contributed by atoms with Gasteiger partial charge in [0.15, 0.2) is 0 Å². The van der Waals surface area contributed by atoms with Gasteiger partial charge in [0.2, 0.25) is 0 Å². The highest BCUT2D eigenvalue weighted by molar-refractivity contribution is 9.10. The Morgan fingerprint density at radius 1 is 1.20 bits per heavy atom. The lowest BCUT2D eigenvalue weighted by Gasteiger charge is -2.19. The lowest BCUT2D eigenvalue weighted by atomic mass is 10.0. The van der Waals surface area contributed by atoms with E-state index in [0.717, 1.165) is 35.2 Å². The average Bonchev–Trinajstić information content (AvgIpc) is 2.47. The van der Waals surface area contributed by atoms with Crippen molar-refractivity contribution in [2.75, 3.05) is 17.2 Å². The molecule has 0 saturated heterocycles. The highest BCUT2D eigenvalue weighted by Gasteiger charge is 2.10. The van der Waals surface area contributed by atoms with Crippen LogP contribution >= 0.6 is 15.9 Å². The van der Waals surface area contributed by atoms with Crippen LogP contribution in [0.2, 0.25) is 0 Å². The molecule has 1 heterocycles. The molecule has 0 aromatic heterocycles. The standard InChI is InChI=1S/C16H14BrN3/c17-13-4-3-12(10-18)16(9-13)20-14-5-6-15-11(8-14)2-1-7-19-15/h3-6,8-9,19-20H,1-2,7H2. The number of nitriles is 1. The fourth-order valence-corrected chi connectivity index (χ4v) is 2.79. The van der Waals surface area contributed by atoms with Gasteiger partial charge in [-0.25, -0.2) is 0 Å². The van der Waals surface area contributed by atoms with Crippen molar-refractivity contribution in [1.29, 1.82) is 5.26 Å². The van der Waals surface area contributed by atoms with E-state index in [1.807, 2.05) is 24.3 Å². The van der Waals surface area contributed by atoms with Gasteiger partial charge in [-0.2, -0.15) is 5.26 Å². The maximum Gasteiger partial charge on any atom is 0.101 e. The van der Waals surface area contributed by atoms with Gasteiger partial charge in [-0.3, -0.25) is 0 Å². The molecule has 4 heteroatoms. The minimum atomic E-state index is 0.643. The van der Waals surface area contributed by atoms with Crippen LogP contribution in [-0.2, 0) is 6.42 Å². The van der Waals surface area contributed by atoms with Crippen LogP contribution in [0.1, 0.15) is 17.5 Å². The van der Waals surface area contributed by atoms with Crippen molar-refractivity contribution < 1.29 is 0 Å². The Bertz CT molecular complexity index is 689. The van der Waals surface area contributed by atoms with Crippen molar-refractivity contribution in [2.24, 2.45) is 0 Å². The maximum absolute atomic E-state index is 9.16. The fourth-order valence-electron chi connectivity index (χ4n) is 2.43. The van der Waals surface area contributed by atoms with Gasteiger partial charge in [0.1, 0.15) is 6.07 Å². The highest BCUT2D eigenvalue weighted by atomic mass is 79.9. The molecule has 0 radical (unpaired) electrons. The van der Waals surface area contributed by atoms with E-state index in [9.17, 15) is 0 Å². The monoisotopic (exact) mass is 327 g/mol. The predicted molar refractivity (Wildman–Crippen MR) is 85.4 cm³/mol. The third-order valence-electron chi connectivity index (χ3n) is 3.42.